The highest BCUT2D eigenvalue weighted by Gasteiger charge is 2.09. The van der Waals surface area contributed by atoms with Gasteiger partial charge in [0.2, 0.25) is 0 Å². The standard InChI is InChI=1S/C10H12Br2O2.C8H10O2/c1-13-9-3-8(6-12)10(14-2)4-7(9)5-11;1-9-7-3-5-8(10-2)6-4-7/h3-4H,5-6H2,1-2H3;3-6H,1-2H3. The Labute approximate surface area is 160 Å². The maximum absolute atomic E-state index is 5.27. The van der Waals surface area contributed by atoms with E-state index in [2.05, 4.69) is 31.9 Å². The third-order valence-electron chi connectivity index (χ3n) is 3.27. The summed E-state index contributed by atoms with van der Waals surface area (Å²) in [5, 5.41) is 1.52. The largest absolute Gasteiger partial charge is 0.497 e. The molecule has 6 heteroatoms. The molecule has 0 spiro atoms. The van der Waals surface area contributed by atoms with Crippen molar-refractivity contribution in [3.05, 3.63) is 47.5 Å². The van der Waals surface area contributed by atoms with Gasteiger partial charge < -0.3 is 18.9 Å². The molecule has 0 saturated heterocycles. The van der Waals surface area contributed by atoms with Crippen LogP contribution in [0.1, 0.15) is 11.1 Å². The lowest BCUT2D eigenvalue weighted by molar-refractivity contribution is 0.397. The monoisotopic (exact) mass is 460 g/mol. The number of hydrogen-bond acceptors (Lipinski definition) is 4. The molecule has 0 radical (unpaired) electrons. The number of halogens is 2. The highest BCUT2D eigenvalue weighted by molar-refractivity contribution is 9.08. The first-order valence-electron chi connectivity index (χ1n) is 7.17. The van der Waals surface area contributed by atoms with Gasteiger partial charge in [0.1, 0.15) is 23.0 Å². The lowest BCUT2D eigenvalue weighted by atomic mass is 10.1. The Morgan fingerprint density at radius 1 is 0.625 bits per heavy atom. The van der Waals surface area contributed by atoms with Crippen LogP contribution in [0.4, 0.5) is 0 Å². The molecule has 0 amide bonds. The Kier molecular flexibility index (Phi) is 9.64. The molecule has 0 saturated carbocycles. The normalized spacial score (nSPS) is 9.58. The molecular formula is C18H22Br2O4. The SMILES string of the molecule is COc1cc(CBr)c(OC)cc1CBr.COc1ccc(OC)cc1. The first kappa shape index (κ1) is 20.6. The lowest BCUT2D eigenvalue weighted by Gasteiger charge is -2.12. The van der Waals surface area contributed by atoms with Gasteiger partial charge in [-0.2, -0.15) is 0 Å². The van der Waals surface area contributed by atoms with Gasteiger partial charge in [-0.3, -0.25) is 0 Å². The molecule has 0 atom stereocenters. The summed E-state index contributed by atoms with van der Waals surface area (Å²) < 4.78 is 20.5. The minimum Gasteiger partial charge on any atom is -0.497 e. The summed E-state index contributed by atoms with van der Waals surface area (Å²) in [5.74, 6) is 3.47. The molecule has 2 aromatic carbocycles. The minimum absolute atomic E-state index is 0.759. The molecule has 24 heavy (non-hydrogen) atoms. The number of ether oxygens (including phenoxy) is 4. The van der Waals surface area contributed by atoms with Crippen LogP contribution in [-0.4, -0.2) is 28.4 Å². The van der Waals surface area contributed by atoms with Gasteiger partial charge in [0, 0.05) is 21.8 Å². The Balaban J connectivity index is 0.000000254. The van der Waals surface area contributed by atoms with E-state index >= 15 is 0 Å². The van der Waals surface area contributed by atoms with Crippen LogP contribution in [0, 0.1) is 0 Å². The Bertz CT molecular complexity index is 534. The first-order valence-corrected chi connectivity index (χ1v) is 9.41. The summed E-state index contributed by atoms with van der Waals surface area (Å²) >= 11 is 6.82. The Morgan fingerprint density at radius 3 is 1.17 bits per heavy atom. The number of hydrogen-bond donors (Lipinski definition) is 0. The van der Waals surface area contributed by atoms with Crippen molar-refractivity contribution in [3.63, 3.8) is 0 Å². The fraction of sp³-hybridized carbons (Fsp3) is 0.333. The smallest absolute Gasteiger partial charge is 0.123 e. The predicted octanol–water partition coefficient (Wildman–Crippen LogP) is 5.20. The van der Waals surface area contributed by atoms with E-state index in [0.717, 1.165) is 44.8 Å². The van der Waals surface area contributed by atoms with Crippen LogP contribution in [0.15, 0.2) is 36.4 Å². The molecule has 0 N–H and O–H groups in total. The molecule has 0 aliphatic rings. The van der Waals surface area contributed by atoms with Crippen molar-refractivity contribution < 1.29 is 18.9 Å². The summed E-state index contributed by atoms with van der Waals surface area (Å²) in [6.45, 7) is 0. The lowest BCUT2D eigenvalue weighted by Crippen LogP contribution is -1.95. The van der Waals surface area contributed by atoms with Crippen LogP contribution >= 0.6 is 31.9 Å². The second-order valence-corrected chi connectivity index (χ2v) is 5.74. The van der Waals surface area contributed by atoms with Crippen LogP contribution < -0.4 is 18.9 Å². The molecule has 0 aliphatic heterocycles. The molecule has 0 fully saturated rings. The summed E-state index contributed by atoms with van der Waals surface area (Å²) in [7, 11) is 6.63. The van der Waals surface area contributed by atoms with Gasteiger partial charge >= 0.3 is 0 Å². The summed E-state index contributed by atoms with van der Waals surface area (Å²) in [4.78, 5) is 0. The fourth-order valence-electron chi connectivity index (χ4n) is 1.94. The van der Waals surface area contributed by atoms with Crippen LogP contribution in [0.25, 0.3) is 0 Å². The van der Waals surface area contributed by atoms with E-state index in [9.17, 15) is 0 Å². The summed E-state index contributed by atoms with van der Waals surface area (Å²) in [6, 6.07) is 11.4. The topological polar surface area (TPSA) is 36.9 Å². The summed E-state index contributed by atoms with van der Waals surface area (Å²) in [6.07, 6.45) is 0. The fourth-order valence-corrected chi connectivity index (χ4v) is 2.82. The number of methoxy groups -OCH3 is 4. The van der Waals surface area contributed by atoms with E-state index in [0.29, 0.717) is 0 Å². The number of rotatable bonds is 6. The molecule has 0 aliphatic carbocycles. The Morgan fingerprint density at radius 2 is 0.958 bits per heavy atom. The molecule has 132 valence electrons. The van der Waals surface area contributed by atoms with E-state index in [1.807, 2.05) is 36.4 Å². The highest BCUT2D eigenvalue weighted by atomic mass is 79.9. The maximum Gasteiger partial charge on any atom is 0.123 e. The average Bonchev–Trinajstić information content (AvgIpc) is 2.67. The van der Waals surface area contributed by atoms with Crippen molar-refractivity contribution in [2.75, 3.05) is 28.4 Å². The van der Waals surface area contributed by atoms with Gasteiger partial charge in [-0.1, -0.05) is 31.9 Å². The van der Waals surface area contributed by atoms with Crippen LogP contribution in [0.3, 0.4) is 0 Å². The average molecular weight is 462 g/mol. The van der Waals surface area contributed by atoms with E-state index in [4.69, 9.17) is 18.9 Å². The van der Waals surface area contributed by atoms with Crippen LogP contribution in [0.5, 0.6) is 23.0 Å². The van der Waals surface area contributed by atoms with Crippen molar-refractivity contribution in [1.82, 2.24) is 0 Å². The van der Waals surface area contributed by atoms with Gasteiger partial charge in [0.05, 0.1) is 28.4 Å². The molecule has 0 aromatic heterocycles. The zero-order valence-electron chi connectivity index (χ0n) is 14.3. The predicted molar refractivity (Wildman–Crippen MR) is 104 cm³/mol. The van der Waals surface area contributed by atoms with E-state index in [1.165, 1.54) is 0 Å². The minimum atomic E-state index is 0.759. The van der Waals surface area contributed by atoms with Gasteiger partial charge in [0.15, 0.2) is 0 Å². The zero-order chi connectivity index (χ0) is 17.9. The van der Waals surface area contributed by atoms with Gasteiger partial charge in [-0.05, 0) is 36.4 Å². The highest BCUT2D eigenvalue weighted by Crippen LogP contribution is 2.31. The Hall–Kier alpha value is -1.40. The quantitative estimate of drug-likeness (QED) is 0.554. The molecule has 2 rings (SSSR count). The maximum atomic E-state index is 5.27. The summed E-state index contributed by atoms with van der Waals surface area (Å²) in [5.41, 5.74) is 2.18. The molecule has 0 unspecified atom stereocenters. The molecule has 0 bridgehead atoms. The van der Waals surface area contributed by atoms with Crippen molar-refractivity contribution in [2.24, 2.45) is 0 Å². The van der Waals surface area contributed by atoms with Gasteiger partial charge in [-0.25, -0.2) is 0 Å². The molecule has 0 heterocycles. The van der Waals surface area contributed by atoms with Crippen LogP contribution in [-0.2, 0) is 10.7 Å². The van der Waals surface area contributed by atoms with Crippen LogP contribution in [0.2, 0.25) is 0 Å². The van der Waals surface area contributed by atoms with E-state index in [-0.39, 0.29) is 0 Å². The van der Waals surface area contributed by atoms with E-state index < -0.39 is 0 Å². The number of alkyl halides is 2. The third-order valence-corrected chi connectivity index (χ3v) is 4.47. The molecule has 2 aromatic rings. The third kappa shape index (κ3) is 5.91. The van der Waals surface area contributed by atoms with Gasteiger partial charge in [-0.15, -0.1) is 0 Å². The van der Waals surface area contributed by atoms with Crippen molar-refractivity contribution in [2.45, 2.75) is 10.7 Å². The van der Waals surface area contributed by atoms with Crippen molar-refractivity contribution in [3.8, 4) is 23.0 Å². The first-order chi connectivity index (χ1) is 11.6. The van der Waals surface area contributed by atoms with Crippen molar-refractivity contribution >= 4 is 31.9 Å². The van der Waals surface area contributed by atoms with E-state index in [1.54, 1.807) is 28.4 Å². The van der Waals surface area contributed by atoms with Crippen molar-refractivity contribution in [1.29, 1.82) is 0 Å². The molecule has 4 nitrogen and oxygen atoms in total. The zero-order valence-corrected chi connectivity index (χ0v) is 17.4. The second-order valence-electron chi connectivity index (χ2n) is 4.62. The van der Waals surface area contributed by atoms with Gasteiger partial charge in [0.25, 0.3) is 0 Å². The molecular weight excluding hydrogens is 440 g/mol. The second kappa shape index (κ2) is 11.2. The number of benzene rings is 2.